The van der Waals surface area contributed by atoms with Crippen LogP contribution in [0.5, 0.6) is 0 Å². The van der Waals surface area contributed by atoms with Crippen LogP contribution in [0.4, 0.5) is 0 Å². The number of nitrogens with zero attached hydrogens (tertiary/aromatic N) is 3. The van der Waals surface area contributed by atoms with Gasteiger partial charge in [-0.3, -0.25) is 0 Å². The van der Waals surface area contributed by atoms with Crippen LogP contribution in [0.3, 0.4) is 0 Å². The lowest BCUT2D eigenvalue weighted by atomic mass is 10.2. The van der Waals surface area contributed by atoms with Crippen molar-refractivity contribution in [3.05, 3.63) is 40.3 Å². The van der Waals surface area contributed by atoms with E-state index in [2.05, 4.69) is 35.3 Å². The standard InChI is InChI=1S/C14H19ClN4/c1-4-10-8-11(5-2)19(18-10)14-7-6-12(15)13(17-14)9-16-3/h6-8,16H,4-5,9H2,1-3H3. The number of hydrogen-bond donors (Lipinski definition) is 1. The SMILES string of the molecule is CCc1cc(CC)n(-c2ccc(Cl)c(CNC)n2)n1. The topological polar surface area (TPSA) is 42.7 Å². The van der Waals surface area contributed by atoms with E-state index in [0.29, 0.717) is 11.6 Å². The maximum Gasteiger partial charge on any atom is 0.154 e. The molecule has 0 aliphatic rings. The van der Waals surface area contributed by atoms with Gasteiger partial charge in [0.1, 0.15) is 0 Å². The molecule has 2 rings (SSSR count). The van der Waals surface area contributed by atoms with Crippen molar-refractivity contribution >= 4 is 11.6 Å². The summed E-state index contributed by atoms with van der Waals surface area (Å²) >= 11 is 6.14. The summed E-state index contributed by atoms with van der Waals surface area (Å²) in [6.07, 6.45) is 1.86. The van der Waals surface area contributed by atoms with Crippen molar-refractivity contribution in [3.63, 3.8) is 0 Å². The fraction of sp³-hybridized carbons (Fsp3) is 0.429. The highest BCUT2D eigenvalue weighted by molar-refractivity contribution is 6.31. The van der Waals surface area contributed by atoms with Gasteiger partial charge in [0.2, 0.25) is 0 Å². The van der Waals surface area contributed by atoms with Crippen LogP contribution < -0.4 is 5.32 Å². The van der Waals surface area contributed by atoms with Crippen molar-refractivity contribution in [2.24, 2.45) is 0 Å². The molecular formula is C14H19ClN4. The lowest BCUT2D eigenvalue weighted by Gasteiger charge is -2.08. The number of rotatable bonds is 5. The third kappa shape index (κ3) is 2.96. The number of pyridine rings is 1. The molecule has 102 valence electrons. The zero-order valence-corrected chi connectivity index (χ0v) is 12.3. The first-order valence-electron chi connectivity index (χ1n) is 6.57. The fourth-order valence-electron chi connectivity index (χ4n) is 1.98. The lowest BCUT2D eigenvalue weighted by Crippen LogP contribution is -2.11. The molecule has 1 N–H and O–H groups in total. The molecule has 0 amide bonds. The predicted molar refractivity (Wildman–Crippen MR) is 77.9 cm³/mol. The second-order valence-corrected chi connectivity index (χ2v) is 4.78. The molecule has 0 aliphatic carbocycles. The van der Waals surface area contributed by atoms with E-state index in [1.54, 1.807) is 0 Å². The van der Waals surface area contributed by atoms with Gasteiger partial charge in [-0.25, -0.2) is 9.67 Å². The second kappa shape index (κ2) is 6.17. The van der Waals surface area contributed by atoms with Gasteiger partial charge in [0.25, 0.3) is 0 Å². The smallest absolute Gasteiger partial charge is 0.154 e. The third-order valence-corrected chi connectivity index (χ3v) is 3.37. The molecule has 2 heterocycles. The molecule has 0 saturated heterocycles. The molecule has 5 heteroatoms. The van der Waals surface area contributed by atoms with Gasteiger partial charge in [-0.15, -0.1) is 0 Å². The Kier molecular flexibility index (Phi) is 4.56. The van der Waals surface area contributed by atoms with Gasteiger partial charge in [0.15, 0.2) is 5.82 Å². The minimum atomic E-state index is 0.649. The summed E-state index contributed by atoms with van der Waals surface area (Å²) in [6, 6.07) is 5.92. The summed E-state index contributed by atoms with van der Waals surface area (Å²) in [5.41, 5.74) is 3.10. The molecule has 0 fully saturated rings. The summed E-state index contributed by atoms with van der Waals surface area (Å²) < 4.78 is 1.91. The lowest BCUT2D eigenvalue weighted by molar-refractivity contribution is 0.744. The Hall–Kier alpha value is -1.39. The molecule has 4 nitrogen and oxygen atoms in total. The Labute approximate surface area is 118 Å². The molecule has 0 bridgehead atoms. The summed E-state index contributed by atoms with van der Waals surface area (Å²) in [6.45, 7) is 4.88. The predicted octanol–water partition coefficient (Wildman–Crippen LogP) is 2.76. The normalized spacial score (nSPS) is 10.9. The molecule has 0 aromatic carbocycles. The molecule has 2 aromatic heterocycles. The number of aryl methyl sites for hydroxylation is 2. The van der Waals surface area contributed by atoms with Crippen LogP contribution in [0.2, 0.25) is 5.02 Å². The van der Waals surface area contributed by atoms with E-state index in [4.69, 9.17) is 11.6 Å². The van der Waals surface area contributed by atoms with E-state index >= 15 is 0 Å². The van der Waals surface area contributed by atoms with E-state index in [0.717, 1.165) is 30.0 Å². The van der Waals surface area contributed by atoms with Crippen LogP contribution in [0.25, 0.3) is 5.82 Å². The van der Waals surface area contributed by atoms with Gasteiger partial charge in [-0.05, 0) is 38.1 Å². The Morgan fingerprint density at radius 3 is 2.68 bits per heavy atom. The molecule has 0 saturated carbocycles. The third-order valence-electron chi connectivity index (χ3n) is 3.02. The summed E-state index contributed by atoms with van der Waals surface area (Å²) in [5.74, 6) is 0.825. The minimum absolute atomic E-state index is 0.649. The monoisotopic (exact) mass is 278 g/mol. The van der Waals surface area contributed by atoms with E-state index < -0.39 is 0 Å². The fourth-order valence-corrected chi connectivity index (χ4v) is 2.15. The Morgan fingerprint density at radius 2 is 2.05 bits per heavy atom. The Bertz CT molecular complexity index is 563. The van der Waals surface area contributed by atoms with Gasteiger partial charge >= 0.3 is 0 Å². The largest absolute Gasteiger partial charge is 0.314 e. The molecular weight excluding hydrogens is 260 g/mol. The molecule has 0 unspecified atom stereocenters. The quantitative estimate of drug-likeness (QED) is 0.914. The maximum atomic E-state index is 6.14. The molecule has 0 radical (unpaired) electrons. The first-order chi connectivity index (χ1) is 9.19. The van der Waals surface area contributed by atoms with Crippen LogP contribution in [0, 0.1) is 0 Å². The van der Waals surface area contributed by atoms with Crippen molar-refractivity contribution in [2.75, 3.05) is 7.05 Å². The van der Waals surface area contributed by atoms with E-state index in [9.17, 15) is 0 Å². The van der Waals surface area contributed by atoms with Crippen molar-refractivity contribution in [3.8, 4) is 5.82 Å². The maximum absolute atomic E-state index is 6.14. The number of halogens is 1. The van der Waals surface area contributed by atoms with E-state index in [1.807, 2.05) is 23.9 Å². The van der Waals surface area contributed by atoms with Crippen molar-refractivity contribution < 1.29 is 0 Å². The first-order valence-corrected chi connectivity index (χ1v) is 6.95. The number of nitrogens with one attached hydrogen (secondary N) is 1. The van der Waals surface area contributed by atoms with Crippen LogP contribution in [-0.4, -0.2) is 21.8 Å². The molecule has 0 spiro atoms. The molecule has 19 heavy (non-hydrogen) atoms. The van der Waals surface area contributed by atoms with Gasteiger partial charge < -0.3 is 5.32 Å². The van der Waals surface area contributed by atoms with Crippen molar-refractivity contribution in [2.45, 2.75) is 33.2 Å². The second-order valence-electron chi connectivity index (χ2n) is 4.37. The number of aromatic nitrogens is 3. The Morgan fingerprint density at radius 1 is 1.26 bits per heavy atom. The molecule has 2 aromatic rings. The summed E-state index contributed by atoms with van der Waals surface area (Å²) in [5, 5.41) is 8.34. The zero-order chi connectivity index (χ0) is 13.8. The van der Waals surface area contributed by atoms with Crippen LogP contribution >= 0.6 is 11.6 Å². The minimum Gasteiger partial charge on any atom is -0.314 e. The van der Waals surface area contributed by atoms with Gasteiger partial charge in [-0.2, -0.15) is 5.10 Å². The average Bonchev–Trinajstić information content (AvgIpc) is 2.85. The van der Waals surface area contributed by atoms with Gasteiger partial charge in [-0.1, -0.05) is 25.4 Å². The highest BCUT2D eigenvalue weighted by atomic mass is 35.5. The summed E-state index contributed by atoms with van der Waals surface area (Å²) in [7, 11) is 1.88. The van der Waals surface area contributed by atoms with Crippen LogP contribution in [-0.2, 0) is 19.4 Å². The highest BCUT2D eigenvalue weighted by Crippen LogP contribution is 2.18. The molecule has 0 aliphatic heterocycles. The summed E-state index contributed by atoms with van der Waals surface area (Å²) in [4.78, 5) is 4.59. The van der Waals surface area contributed by atoms with Gasteiger partial charge in [0, 0.05) is 12.2 Å². The van der Waals surface area contributed by atoms with Gasteiger partial charge in [0.05, 0.1) is 16.4 Å². The molecule has 0 atom stereocenters. The van der Waals surface area contributed by atoms with E-state index in [-0.39, 0.29) is 0 Å². The van der Waals surface area contributed by atoms with E-state index in [1.165, 1.54) is 5.69 Å². The van der Waals surface area contributed by atoms with Crippen LogP contribution in [0.1, 0.15) is 30.9 Å². The zero-order valence-electron chi connectivity index (χ0n) is 11.6. The Balaban J connectivity index is 2.46. The first kappa shape index (κ1) is 14.0. The van der Waals surface area contributed by atoms with Crippen LogP contribution in [0.15, 0.2) is 18.2 Å². The number of hydrogen-bond acceptors (Lipinski definition) is 3. The average molecular weight is 279 g/mol. The van der Waals surface area contributed by atoms with Crippen molar-refractivity contribution in [1.29, 1.82) is 0 Å². The van der Waals surface area contributed by atoms with Crippen molar-refractivity contribution in [1.82, 2.24) is 20.1 Å². The highest BCUT2D eigenvalue weighted by Gasteiger charge is 2.10.